The average Bonchev–Trinajstić information content (AvgIpc) is 2.68. The lowest BCUT2D eigenvalue weighted by atomic mass is 10.3. The zero-order valence-corrected chi connectivity index (χ0v) is 6.05. The van der Waals surface area contributed by atoms with E-state index in [0.717, 1.165) is 12.8 Å². The van der Waals surface area contributed by atoms with Gasteiger partial charge in [-0.15, -0.1) is 6.42 Å². The summed E-state index contributed by atoms with van der Waals surface area (Å²) in [7, 11) is 0. The number of hydrogen-bond donors (Lipinski definition) is 1. The molecule has 1 N–H and O–H groups in total. The quantitative estimate of drug-likeness (QED) is 0.553. The summed E-state index contributed by atoms with van der Waals surface area (Å²) in [4.78, 5) is 11.0. The van der Waals surface area contributed by atoms with E-state index in [0.29, 0.717) is 0 Å². The maximum absolute atomic E-state index is 11.0. The fourth-order valence-electron chi connectivity index (χ4n) is 0.718. The van der Waals surface area contributed by atoms with Crippen molar-refractivity contribution >= 4 is 5.91 Å². The minimum absolute atomic E-state index is 0.116. The van der Waals surface area contributed by atoms with Crippen molar-refractivity contribution in [1.29, 1.82) is 0 Å². The van der Waals surface area contributed by atoms with Gasteiger partial charge >= 0.3 is 0 Å². The maximum Gasteiger partial charge on any atom is 0.224 e. The van der Waals surface area contributed by atoms with E-state index < -0.39 is 0 Å². The SMILES string of the molecule is C#CC(C)NC(=O)C1CC1. The van der Waals surface area contributed by atoms with Crippen molar-refractivity contribution in [3.63, 3.8) is 0 Å². The predicted molar refractivity (Wildman–Crippen MR) is 39.2 cm³/mol. The first-order valence-electron chi connectivity index (χ1n) is 3.50. The van der Waals surface area contributed by atoms with Crippen molar-refractivity contribution in [3.05, 3.63) is 0 Å². The number of rotatable bonds is 2. The average molecular weight is 137 g/mol. The van der Waals surface area contributed by atoms with E-state index in [1.165, 1.54) is 0 Å². The molecule has 0 saturated heterocycles. The van der Waals surface area contributed by atoms with Gasteiger partial charge in [0.05, 0.1) is 6.04 Å². The molecule has 2 nitrogen and oxygen atoms in total. The van der Waals surface area contributed by atoms with Crippen LogP contribution in [0.5, 0.6) is 0 Å². The van der Waals surface area contributed by atoms with Gasteiger partial charge in [-0.2, -0.15) is 0 Å². The van der Waals surface area contributed by atoms with Crippen molar-refractivity contribution in [2.75, 3.05) is 0 Å². The van der Waals surface area contributed by atoms with Gasteiger partial charge in [0, 0.05) is 5.92 Å². The monoisotopic (exact) mass is 137 g/mol. The zero-order chi connectivity index (χ0) is 7.56. The summed E-state index contributed by atoms with van der Waals surface area (Å²) in [6.07, 6.45) is 7.14. The molecule has 0 aromatic heterocycles. The van der Waals surface area contributed by atoms with Crippen molar-refractivity contribution in [2.45, 2.75) is 25.8 Å². The van der Waals surface area contributed by atoms with Gasteiger partial charge in [-0.05, 0) is 19.8 Å². The standard InChI is InChI=1S/C8H11NO/c1-3-6(2)9-8(10)7-4-5-7/h1,6-7H,4-5H2,2H3,(H,9,10). The summed E-state index contributed by atoms with van der Waals surface area (Å²) < 4.78 is 0. The minimum Gasteiger partial charge on any atom is -0.343 e. The highest BCUT2D eigenvalue weighted by Crippen LogP contribution is 2.28. The summed E-state index contributed by atoms with van der Waals surface area (Å²) in [6, 6.07) is -0.118. The predicted octanol–water partition coefficient (Wildman–Crippen LogP) is 0.534. The van der Waals surface area contributed by atoms with E-state index in [4.69, 9.17) is 6.42 Å². The van der Waals surface area contributed by atoms with E-state index in [1.807, 2.05) is 0 Å². The first-order chi connectivity index (χ1) is 4.74. The number of carbonyl (C=O) groups is 1. The molecular formula is C8H11NO. The smallest absolute Gasteiger partial charge is 0.224 e. The van der Waals surface area contributed by atoms with Crippen LogP contribution in [0, 0.1) is 18.3 Å². The van der Waals surface area contributed by atoms with Crippen molar-refractivity contribution < 1.29 is 4.79 Å². The largest absolute Gasteiger partial charge is 0.343 e. The lowest BCUT2D eigenvalue weighted by Gasteiger charge is -2.05. The molecule has 1 amide bonds. The summed E-state index contributed by atoms with van der Waals surface area (Å²) in [5.74, 6) is 2.82. The Hall–Kier alpha value is -0.970. The van der Waals surface area contributed by atoms with Gasteiger partial charge in [-0.25, -0.2) is 0 Å². The van der Waals surface area contributed by atoms with Gasteiger partial charge in [0.15, 0.2) is 0 Å². The lowest BCUT2D eigenvalue weighted by Crippen LogP contribution is -2.32. The molecule has 1 aliphatic carbocycles. The molecule has 10 heavy (non-hydrogen) atoms. The summed E-state index contributed by atoms with van der Waals surface area (Å²) in [5.41, 5.74) is 0. The Balaban J connectivity index is 2.24. The lowest BCUT2D eigenvalue weighted by molar-refractivity contribution is -0.122. The molecule has 2 heteroatoms. The molecule has 1 saturated carbocycles. The van der Waals surface area contributed by atoms with E-state index in [9.17, 15) is 4.79 Å². The third-order valence-electron chi connectivity index (χ3n) is 1.56. The molecule has 1 unspecified atom stereocenters. The number of terminal acetylenes is 1. The molecule has 0 radical (unpaired) electrons. The molecule has 1 atom stereocenters. The molecule has 54 valence electrons. The molecule has 0 aromatic rings. The van der Waals surface area contributed by atoms with Gasteiger partial charge in [0.2, 0.25) is 5.91 Å². The van der Waals surface area contributed by atoms with E-state index in [2.05, 4.69) is 11.2 Å². The first kappa shape index (κ1) is 7.14. The third-order valence-corrected chi connectivity index (χ3v) is 1.56. The molecular weight excluding hydrogens is 126 g/mol. The Morgan fingerprint density at radius 1 is 1.80 bits per heavy atom. The molecule has 0 heterocycles. The van der Waals surface area contributed by atoms with E-state index in [-0.39, 0.29) is 17.9 Å². The second-order valence-corrected chi connectivity index (χ2v) is 2.67. The van der Waals surface area contributed by atoms with Crippen molar-refractivity contribution in [1.82, 2.24) is 5.32 Å². The minimum atomic E-state index is -0.118. The molecule has 0 aliphatic heterocycles. The van der Waals surface area contributed by atoms with E-state index >= 15 is 0 Å². The van der Waals surface area contributed by atoms with Crippen LogP contribution in [0.25, 0.3) is 0 Å². The molecule has 0 aromatic carbocycles. The highest BCUT2D eigenvalue weighted by atomic mass is 16.2. The Bertz CT molecular complexity index is 176. The van der Waals surface area contributed by atoms with E-state index in [1.54, 1.807) is 6.92 Å². The first-order valence-corrected chi connectivity index (χ1v) is 3.50. The highest BCUT2D eigenvalue weighted by molar-refractivity contribution is 5.81. The second-order valence-electron chi connectivity index (χ2n) is 2.67. The topological polar surface area (TPSA) is 29.1 Å². The number of hydrogen-bond acceptors (Lipinski definition) is 1. The number of carbonyl (C=O) groups excluding carboxylic acids is 1. The van der Waals surface area contributed by atoms with Crippen LogP contribution in [0.3, 0.4) is 0 Å². The van der Waals surface area contributed by atoms with Crippen LogP contribution in [0.15, 0.2) is 0 Å². The van der Waals surface area contributed by atoms with Crippen LogP contribution in [0.1, 0.15) is 19.8 Å². The molecule has 0 spiro atoms. The Morgan fingerprint density at radius 3 is 2.80 bits per heavy atom. The Labute approximate surface area is 61.0 Å². The maximum atomic E-state index is 11.0. The van der Waals surface area contributed by atoms with Gasteiger partial charge in [0.1, 0.15) is 0 Å². The van der Waals surface area contributed by atoms with Crippen LogP contribution in [-0.4, -0.2) is 11.9 Å². The number of amides is 1. The molecule has 1 rings (SSSR count). The van der Waals surface area contributed by atoms with Gasteiger partial charge < -0.3 is 5.32 Å². The van der Waals surface area contributed by atoms with Crippen LogP contribution in [0.2, 0.25) is 0 Å². The fourth-order valence-corrected chi connectivity index (χ4v) is 0.718. The molecule has 0 bridgehead atoms. The second kappa shape index (κ2) is 2.74. The van der Waals surface area contributed by atoms with Gasteiger partial charge in [-0.3, -0.25) is 4.79 Å². The van der Waals surface area contributed by atoms with Crippen LogP contribution in [-0.2, 0) is 4.79 Å². The summed E-state index contributed by atoms with van der Waals surface area (Å²) in [5, 5.41) is 2.72. The van der Waals surface area contributed by atoms with Crippen LogP contribution in [0.4, 0.5) is 0 Å². The normalized spacial score (nSPS) is 19.2. The van der Waals surface area contributed by atoms with Gasteiger partial charge in [-0.1, -0.05) is 5.92 Å². The zero-order valence-electron chi connectivity index (χ0n) is 6.05. The van der Waals surface area contributed by atoms with Crippen LogP contribution >= 0.6 is 0 Å². The van der Waals surface area contributed by atoms with Crippen molar-refractivity contribution in [2.24, 2.45) is 5.92 Å². The van der Waals surface area contributed by atoms with Crippen molar-refractivity contribution in [3.8, 4) is 12.3 Å². The Kier molecular flexibility index (Phi) is 1.96. The Morgan fingerprint density at radius 2 is 2.40 bits per heavy atom. The summed E-state index contributed by atoms with van der Waals surface area (Å²) in [6.45, 7) is 1.81. The fraction of sp³-hybridized carbons (Fsp3) is 0.625. The van der Waals surface area contributed by atoms with Gasteiger partial charge in [0.25, 0.3) is 0 Å². The summed E-state index contributed by atoms with van der Waals surface area (Å²) >= 11 is 0. The molecule has 1 aliphatic rings. The number of nitrogens with one attached hydrogen (secondary N) is 1. The highest BCUT2D eigenvalue weighted by Gasteiger charge is 2.29. The molecule has 1 fully saturated rings. The third kappa shape index (κ3) is 1.77. The van der Waals surface area contributed by atoms with Crippen LogP contribution < -0.4 is 5.32 Å².